The third-order valence-corrected chi connectivity index (χ3v) is 5.60. The summed E-state index contributed by atoms with van der Waals surface area (Å²) in [4.78, 5) is 12.0. The van der Waals surface area contributed by atoms with Crippen molar-refractivity contribution in [2.45, 2.75) is 37.9 Å². The molecule has 1 fully saturated rings. The Bertz CT molecular complexity index is 1010. The maximum absolute atomic E-state index is 13.0. The quantitative estimate of drug-likeness (QED) is 0.727. The third kappa shape index (κ3) is 2.96. The van der Waals surface area contributed by atoms with E-state index in [0.29, 0.717) is 18.4 Å². The lowest BCUT2D eigenvalue weighted by molar-refractivity contribution is -0.183. The number of benzene rings is 1. The van der Waals surface area contributed by atoms with Gasteiger partial charge in [0.25, 0.3) is 5.91 Å². The zero-order valence-electron chi connectivity index (χ0n) is 15.2. The predicted molar refractivity (Wildman–Crippen MR) is 96.7 cm³/mol. The lowest BCUT2D eigenvalue weighted by Crippen LogP contribution is -2.28. The standard InChI is InChI=1S/C19H21F3N4O/c1-23-18(27)11-3-8-16-14(9-11)15-10-25(2)24-17(15)26(16)13-6-4-12(5-7-13)19(20,21)22/h3,8-10,12-13H,4-7H2,1-2H3,(H,23,27). The average Bonchev–Trinajstić information content (AvgIpc) is 3.14. The van der Waals surface area contributed by atoms with Gasteiger partial charge in [0.1, 0.15) is 0 Å². The molecule has 27 heavy (non-hydrogen) atoms. The monoisotopic (exact) mass is 378 g/mol. The Morgan fingerprint density at radius 2 is 1.89 bits per heavy atom. The van der Waals surface area contributed by atoms with Crippen LogP contribution in [0, 0.1) is 5.92 Å². The number of aryl methyl sites for hydroxylation is 1. The predicted octanol–water partition coefficient (Wildman–Crippen LogP) is 4.18. The van der Waals surface area contributed by atoms with Gasteiger partial charge in [-0.1, -0.05) is 0 Å². The minimum absolute atomic E-state index is 0.0237. The molecule has 0 spiro atoms. The Hall–Kier alpha value is -2.51. The second kappa shape index (κ2) is 6.28. The fourth-order valence-electron chi connectivity index (χ4n) is 4.24. The number of carbonyl (C=O) groups is 1. The molecule has 0 aliphatic heterocycles. The van der Waals surface area contributed by atoms with E-state index in [2.05, 4.69) is 15.0 Å². The summed E-state index contributed by atoms with van der Waals surface area (Å²) >= 11 is 0. The largest absolute Gasteiger partial charge is 0.391 e. The number of hydrogen-bond acceptors (Lipinski definition) is 2. The Balaban J connectivity index is 1.79. The molecule has 0 unspecified atom stereocenters. The number of carbonyl (C=O) groups excluding carboxylic acids is 1. The van der Waals surface area contributed by atoms with Gasteiger partial charge in [-0.2, -0.15) is 18.3 Å². The molecule has 1 aliphatic rings. The number of alkyl halides is 3. The molecule has 1 aliphatic carbocycles. The molecule has 1 saturated carbocycles. The minimum atomic E-state index is -4.12. The molecule has 0 saturated heterocycles. The number of halogens is 3. The maximum atomic E-state index is 13.0. The molecule has 1 aromatic carbocycles. The fourth-order valence-corrected chi connectivity index (χ4v) is 4.24. The molecule has 0 bridgehead atoms. The van der Waals surface area contributed by atoms with Crippen LogP contribution in [0.15, 0.2) is 24.4 Å². The second-order valence-electron chi connectivity index (χ2n) is 7.27. The van der Waals surface area contributed by atoms with Gasteiger partial charge in [0.15, 0.2) is 5.65 Å². The lowest BCUT2D eigenvalue weighted by Gasteiger charge is -2.31. The first-order valence-electron chi connectivity index (χ1n) is 9.05. The third-order valence-electron chi connectivity index (χ3n) is 5.60. The van der Waals surface area contributed by atoms with Gasteiger partial charge in [-0.3, -0.25) is 9.48 Å². The van der Waals surface area contributed by atoms with Crippen molar-refractivity contribution in [3.05, 3.63) is 30.0 Å². The van der Waals surface area contributed by atoms with E-state index in [1.54, 1.807) is 17.8 Å². The van der Waals surface area contributed by atoms with Gasteiger partial charge < -0.3 is 9.88 Å². The summed E-state index contributed by atoms with van der Waals surface area (Å²) in [6, 6.07) is 5.43. The summed E-state index contributed by atoms with van der Waals surface area (Å²) in [5.41, 5.74) is 2.22. The first kappa shape index (κ1) is 17.9. The molecule has 2 heterocycles. The van der Waals surface area contributed by atoms with Crippen LogP contribution < -0.4 is 5.32 Å². The van der Waals surface area contributed by atoms with Crippen molar-refractivity contribution in [3.8, 4) is 0 Å². The molecule has 0 radical (unpaired) electrons. The van der Waals surface area contributed by atoms with E-state index in [1.807, 2.05) is 25.4 Å². The van der Waals surface area contributed by atoms with Crippen molar-refractivity contribution >= 4 is 27.8 Å². The molecule has 2 aromatic heterocycles. The molecule has 3 aromatic rings. The zero-order chi connectivity index (χ0) is 19.3. The smallest absolute Gasteiger partial charge is 0.355 e. The van der Waals surface area contributed by atoms with Crippen LogP contribution in [-0.4, -0.2) is 33.5 Å². The molecular formula is C19H21F3N4O. The number of amides is 1. The minimum Gasteiger partial charge on any atom is -0.355 e. The SMILES string of the molecule is CNC(=O)c1ccc2c(c1)c1cn(C)nc1n2C1CCC(C(F)(F)F)CC1. The number of nitrogens with one attached hydrogen (secondary N) is 1. The van der Waals surface area contributed by atoms with E-state index >= 15 is 0 Å². The van der Waals surface area contributed by atoms with Gasteiger partial charge in [0.05, 0.1) is 11.4 Å². The lowest BCUT2D eigenvalue weighted by atomic mass is 9.85. The van der Waals surface area contributed by atoms with Crippen LogP contribution in [0.3, 0.4) is 0 Å². The summed E-state index contributed by atoms with van der Waals surface area (Å²) in [5, 5.41) is 8.97. The number of fused-ring (bicyclic) bond motifs is 3. The van der Waals surface area contributed by atoms with Crippen molar-refractivity contribution in [1.82, 2.24) is 19.7 Å². The molecule has 144 valence electrons. The maximum Gasteiger partial charge on any atom is 0.391 e. The van der Waals surface area contributed by atoms with E-state index < -0.39 is 12.1 Å². The summed E-state index contributed by atoms with van der Waals surface area (Å²) < 4.78 is 42.8. The van der Waals surface area contributed by atoms with E-state index in [-0.39, 0.29) is 24.8 Å². The normalized spacial score (nSPS) is 21.1. The number of aromatic nitrogens is 3. The Morgan fingerprint density at radius 1 is 1.19 bits per heavy atom. The highest BCUT2D eigenvalue weighted by Crippen LogP contribution is 2.43. The topological polar surface area (TPSA) is 51.9 Å². The first-order chi connectivity index (χ1) is 12.8. The van der Waals surface area contributed by atoms with Crippen molar-refractivity contribution in [2.75, 3.05) is 7.05 Å². The van der Waals surface area contributed by atoms with Crippen molar-refractivity contribution in [1.29, 1.82) is 0 Å². The van der Waals surface area contributed by atoms with Crippen LogP contribution in [-0.2, 0) is 7.05 Å². The van der Waals surface area contributed by atoms with E-state index in [1.165, 1.54) is 0 Å². The number of rotatable bonds is 2. The molecule has 1 N–H and O–H groups in total. The van der Waals surface area contributed by atoms with Crippen molar-refractivity contribution in [3.63, 3.8) is 0 Å². The van der Waals surface area contributed by atoms with Gasteiger partial charge in [-0.05, 0) is 43.9 Å². The Morgan fingerprint density at radius 3 is 2.52 bits per heavy atom. The Labute approximate surface area is 154 Å². The molecule has 1 amide bonds. The van der Waals surface area contributed by atoms with Gasteiger partial charge >= 0.3 is 6.18 Å². The molecular weight excluding hydrogens is 357 g/mol. The van der Waals surface area contributed by atoms with Gasteiger partial charge in [-0.25, -0.2) is 0 Å². The van der Waals surface area contributed by atoms with Gasteiger partial charge in [-0.15, -0.1) is 0 Å². The van der Waals surface area contributed by atoms with Crippen LogP contribution in [0.25, 0.3) is 21.9 Å². The highest BCUT2D eigenvalue weighted by atomic mass is 19.4. The summed E-state index contributed by atoms with van der Waals surface area (Å²) in [5.74, 6) is -1.39. The number of nitrogens with zero attached hydrogens (tertiary/aromatic N) is 3. The number of hydrogen-bond donors (Lipinski definition) is 1. The van der Waals surface area contributed by atoms with E-state index in [4.69, 9.17) is 0 Å². The highest BCUT2D eigenvalue weighted by Gasteiger charge is 2.42. The van der Waals surface area contributed by atoms with Crippen LogP contribution in [0.1, 0.15) is 42.1 Å². The summed E-state index contributed by atoms with van der Waals surface area (Å²) in [6.07, 6.45) is -1.01. The van der Waals surface area contributed by atoms with Gasteiger partial charge in [0.2, 0.25) is 0 Å². The molecule has 0 atom stereocenters. The molecule has 8 heteroatoms. The van der Waals surface area contributed by atoms with Crippen LogP contribution in [0.4, 0.5) is 13.2 Å². The highest BCUT2D eigenvalue weighted by molar-refractivity contribution is 6.09. The van der Waals surface area contributed by atoms with E-state index in [9.17, 15) is 18.0 Å². The summed E-state index contributed by atoms with van der Waals surface area (Å²) in [7, 11) is 3.40. The van der Waals surface area contributed by atoms with Gasteiger partial charge in [0, 0.05) is 42.7 Å². The second-order valence-corrected chi connectivity index (χ2v) is 7.27. The van der Waals surface area contributed by atoms with Crippen molar-refractivity contribution < 1.29 is 18.0 Å². The van der Waals surface area contributed by atoms with Crippen LogP contribution in [0.2, 0.25) is 0 Å². The average molecular weight is 378 g/mol. The van der Waals surface area contributed by atoms with E-state index in [0.717, 1.165) is 21.9 Å². The molecule has 5 nitrogen and oxygen atoms in total. The zero-order valence-corrected chi connectivity index (χ0v) is 15.2. The van der Waals surface area contributed by atoms with Crippen molar-refractivity contribution in [2.24, 2.45) is 13.0 Å². The van der Waals surface area contributed by atoms with Crippen LogP contribution >= 0.6 is 0 Å². The van der Waals surface area contributed by atoms with Crippen LogP contribution in [0.5, 0.6) is 0 Å². The summed E-state index contributed by atoms with van der Waals surface area (Å²) in [6.45, 7) is 0. The molecule has 4 rings (SSSR count). The first-order valence-corrected chi connectivity index (χ1v) is 9.05. The Kier molecular flexibility index (Phi) is 4.16. The fraction of sp³-hybridized carbons (Fsp3) is 0.474.